The number of halogens is 1. The number of furan rings is 1. The highest BCUT2D eigenvalue weighted by atomic mass is 79.9. The average molecular weight is 271 g/mol. The summed E-state index contributed by atoms with van der Waals surface area (Å²) in [7, 11) is 0. The van der Waals surface area contributed by atoms with Gasteiger partial charge in [0.05, 0.1) is 5.69 Å². The molecule has 2 rings (SSSR count). The molecule has 0 unspecified atom stereocenters. The molecular weight excluding hydrogens is 260 g/mol. The molecule has 15 heavy (non-hydrogen) atoms. The molecule has 0 aromatic carbocycles. The summed E-state index contributed by atoms with van der Waals surface area (Å²) in [6.07, 6.45) is 3.39. The van der Waals surface area contributed by atoms with Crippen molar-refractivity contribution in [1.29, 1.82) is 0 Å². The van der Waals surface area contributed by atoms with Crippen molar-refractivity contribution in [2.45, 2.75) is 12.8 Å². The maximum atomic E-state index is 5.41. The standard InChI is InChI=1S/C10H11BrN2O2/c11-9-4-3-8(15-9)10-13-7(6-14-10)2-1-5-12/h3-4,6H,1-2,5,12H2. The normalized spacial score (nSPS) is 10.8. The Morgan fingerprint density at radius 1 is 1.40 bits per heavy atom. The summed E-state index contributed by atoms with van der Waals surface area (Å²) < 4.78 is 11.3. The Morgan fingerprint density at radius 2 is 2.27 bits per heavy atom. The number of aromatic nitrogens is 1. The molecule has 0 saturated carbocycles. The number of rotatable bonds is 4. The van der Waals surface area contributed by atoms with E-state index in [1.807, 2.05) is 6.07 Å². The van der Waals surface area contributed by atoms with Gasteiger partial charge < -0.3 is 14.6 Å². The van der Waals surface area contributed by atoms with E-state index in [2.05, 4.69) is 20.9 Å². The molecule has 0 fully saturated rings. The van der Waals surface area contributed by atoms with E-state index in [4.69, 9.17) is 14.6 Å². The van der Waals surface area contributed by atoms with Crippen LogP contribution < -0.4 is 5.73 Å². The van der Waals surface area contributed by atoms with E-state index in [1.165, 1.54) is 0 Å². The molecule has 0 aliphatic carbocycles. The number of nitrogens with zero attached hydrogens (tertiary/aromatic N) is 1. The Labute approximate surface area is 95.6 Å². The molecule has 5 heteroatoms. The monoisotopic (exact) mass is 270 g/mol. The molecule has 0 amide bonds. The van der Waals surface area contributed by atoms with Crippen LogP contribution in [-0.2, 0) is 6.42 Å². The van der Waals surface area contributed by atoms with Crippen molar-refractivity contribution in [2.75, 3.05) is 6.54 Å². The minimum absolute atomic E-state index is 0.507. The van der Waals surface area contributed by atoms with Crippen LogP contribution in [0.25, 0.3) is 11.7 Å². The Balaban J connectivity index is 2.13. The second kappa shape index (κ2) is 4.63. The van der Waals surface area contributed by atoms with Gasteiger partial charge in [0.2, 0.25) is 0 Å². The fourth-order valence-electron chi connectivity index (χ4n) is 1.25. The molecule has 0 radical (unpaired) electrons. The van der Waals surface area contributed by atoms with Crippen molar-refractivity contribution in [1.82, 2.24) is 4.98 Å². The molecule has 2 aromatic rings. The molecular formula is C10H11BrN2O2. The van der Waals surface area contributed by atoms with E-state index in [9.17, 15) is 0 Å². The number of hydrogen-bond acceptors (Lipinski definition) is 4. The maximum absolute atomic E-state index is 5.41. The first-order chi connectivity index (χ1) is 7.29. The van der Waals surface area contributed by atoms with Gasteiger partial charge in [0.15, 0.2) is 10.4 Å². The summed E-state index contributed by atoms with van der Waals surface area (Å²) in [6.45, 7) is 0.661. The zero-order valence-electron chi connectivity index (χ0n) is 8.07. The largest absolute Gasteiger partial charge is 0.444 e. The van der Waals surface area contributed by atoms with E-state index in [0.29, 0.717) is 22.9 Å². The van der Waals surface area contributed by atoms with Crippen LogP contribution in [0.4, 0.5) is 0 Å². The quantitative estimate of drug-likeness (QED) is 0.928. The lowest BCUT2D eigenvalue weighted by Crippen LogP contribution is -2.00. The van der Waals surface area contributed by atoms with Gasteiger partial charge in [0.25, 0.3) is 5.89 Å². The number of hydrogen-bond donors (Lipinski definition) is 1. The highest BCUT2D eigenvalue weighted by Crippen LogP contribution is 2.24. The minimum Gasteiger partial charge on any atom is -0.444 e. The molecule has 2 heterocycles. The number of aryl methyl sites for hydroxylation is 1. The Bertz CT molecular complexity index is 436. The molecule has 0 saturated heterocycles. The highest BCUT2D eigenvalue weighted by Gasteiger charge is 2.09. The maximum Gasteiger partial charge on any atom is 0.263 e. The average Bonchev–Trinajstić information content (AvgIpc) is 2.83. The van der Waals surface area contributed by atoms with Crippen molar-refractivity contribution in [2.24, 2.45) is 5.73 Å². The first-order valence-electron chi connectivity index (χ1n) is 4.70. The number of oxazole rings is 1. The third-order valence-corrected chi connectivity index (χ3v) is 2.40. The fourth-order valence-corrected chi connectivity index (χ4v) is 1.55. The van der Waals surface area contributed by atoms with Gasteiger partial charge >= 0.3 is 0 Å². The Morgan fingerprint density at radius 3 is 2.93 bits per heavy atom. The highest BCUT2D eigenvalue weighted by molar-refractivity contribution is 9.10. The molecule has 0 aliphatic heterocycles. The summed E-state index contributed by atoms with van der Waals surface area (Å²) >= 11 is 3.23. The van der Waals surface area contributed by atoms with Gasteiger partial charge in [-0.2, -0.15) is 0 Å². The Hall–Kier alpha value is -1.07. The first kappa shape index (κ1) is 10.4. The lowest BCUT2D eigenvalue weighted by molar-refractivity contribution is 0.504. The molecule has 2 aromatic heterocycles. The molecule has 4 nitrogen and oxygen atoms in total. The topological polar surface area (TPSA) is 65.2 Å². The fraction of sp³-hybridized carbons (Fsp3) is 0.300. The van der Waals surface area contributed by atoms with Crippen LogP contribution >= 0.6 is 15.9 Å². The van der Waals surface area contributed by atoms with Gasteiger partial charge in [-0.1, -0.05) is 0 Å². The molecule has 0 spiro atoms. The van der Waals surface area contributed by atoms with Crippen LogP contribution in [0, 0.1) is 0 Å². The van der Waals surface area contributed by atoms with Crippen LogP contribution in [0.5, 0.6) is 0 Å². The van der Waals surface area contributed by atoms with Crippen molar-refractivity contribution >= 4 is 15.9 Å². The predicted octanol–water partition coefficient (Wildman–Crippen LogP) is 2.59. The molecule has 80 valence electrons. The number of nitrogens with two attached hydrogens (primary N) is 1. The third-order valence-electron chi connectivity index (χ3n) is 1.97. The summed E-state index contributed by atoms with van der Waals surface area (Å²) in [5.41, 5.74) is 6.32. The first-order valence-corrected chi connectivity index (χ1v) is 5.49. The van der Waals surface area contributed by atoms with Crippen LogP contribution in [-0.4, -0.2) is 11.5 Å². The Kier molecular flexibility index (Phi) is 3.23. The molecule has 0 aliphatic rings. The van der Waals surface area contributed by atoms with Gasteiger partial charge in [-0.05, 0) is 47.4 Å². The van der Waals surface area contributed by atoms with Crippen molar-refractivity contribution in [3.8, 4) is 11.7 Å². The SMILES string of the molecule is NCCCc1coc(-c2ccc(Br)o2)n1. The summed E-state index contributed by atoms with van der Waals surface area (Å²) in [4.78, 5) is 4.29. The minimum atomic E-state index is 0.507. The summed E-state index contributed by atoms with van der Waals surface area (Å²) in [5.74, 6) is 1.13. The summed E-state index contributed by atoms with van der Waals surface area (Å²) in [5, 5.41) is 0. The predicted molar refractivity (Wildman–Crippen MR) is 59.3 cm³/mol. The summed E-state index contributed by atoms with van der Waals surface area (Å²) in [6, 6.07) is 3.61. The smallest absolute Gasteiger partial charge is 0.263 e. The van der Waals surface area contributed by atoms with Crippen LogP contribution in [0.15, 0.2) is 31.9 Å². The van der Waals surface area contributed by atoms with Gasteiger partial charge in [0, 0.05) is 0 Å². The van der Waals surface area contributed by atoms with Crippen LogP contribution in [0.3, 0.4) is 0 Å². The van der Waals surface area contributed by atoms with E-state index in [-0.39, 0.29) is 0 Å². The van der Waals surface area contributed by atoms with E-state index < -0.39 is 0 Å². The second-order valence-corrected chi connectivity index (χ2v) is 3.92. The van der Waals surface area contributed by atoms with E-state index >= 15 is 0 Å². The molecule has 2 N–H and O–H groups in total. The van der Waals surface area contributed by atoms with Gasteiger partial charge in [-0.3, -0.25) is 0 Å². The lowest BCUT2D eigenvalue weighted by Gasteiger charge is -1.90. The second-order valence-electron chi connectivity index (χ2n) is 3.14. The van der Waals surface area contributed by atoms with Crippen LogP contribution in [0.2, 0.25) is 0 Å². The zero-order chi connectivity index (χ0) is 10.7. The van der Waals surface area contributed by atoms with Gasteiger partial charge in [-0.25, -0.2) is 4.98 Å². The lowest BCUT2D eigenvalue weighted by atomic mass is 10.2. The molecule has 0 atom stereocenters. The zero-order valence-corrected chi connectivity index (χ0v) is 9.66. The third kappa shape index (κ3) is 2.49. The van der Waals surface area contributed by atoms with Crippen molar-refractivity contribution in [3.05, 3.63) is 28.8 Å². The van der Waals surface area contributed by atoms with Gasteiger partial charge in [0.1, 0.15) is 6.26 Å². The van der Waals surface area contributed by atoms with Gasteiger partial charge in [-0.15, -0.1) is 0 Å². The van der Waals surface area contributed by atoms with Crippen LogP contribution in [0.1, 0.15) is 12.1 Å². The molecule has 0 bridgehead atoms. The van der Waals surface area contributed by atoms with E-state index in [0.717, 1.165) is 18.5 Å². The van der Waals surface area contributed by atoms with Crippen molar-refractivity contribution in [3.63, 3.8) is 0 Å². The van der Waals surface area contributed by atoms with Crippen molar-refractivity contribution < 1.29 is 8.83 Å². The van der Waals surface area contributed by atoms with E-state index in [1.54, 1.807) is 12.3 Å².